The molecule has 0 aliphatic rings. The molecule has 0 fully saturated rings. The third-order valence-corrected chi connectivity index (χ3v) is 1.89. The molecular weight excluding hydrogens is 166 g/mol. The van der Waals surface area contributed by atoms with Crippen LogP contribution in [0.15, 0.2) is 11.3 Å². The molecule has 0 amide bonds. The Balaban J connectivity index is 4.72. The predicted molar refractivity (Wildman–Crippen MR) is 53.5 cm³/mol. The molecule has 3 heteroatoms. The van der Waals surface area contributed by atoms with Gasteiger partial charge in [-0.3, -0.25) is 0 Å². The van der Waals surface area contributed by atoms with Crippen molar-refractivity contribution in [2.75, 3.05) is 7.05 Å². The third kappa shape index (κ3) is 3.97. The zero-order valence-corrected chi connectivity index (χ0v) is 8.85. The minimum atomic E-state index is -0.812. The first-order valence-electron chi connectivity index (χ1n) is 4.65. The van der Waals surface area contributed by atoms with Crippen LogP contribution in [0.5, 0.6) is 0 Å². The average molecular weight is 185 g/mol. The van der Waals surface area contributed by atoms with Gasteiger partial charge in [0.2, 0.25) is 0 Å². The van der Waals surface area contributed by atoms with E-state index in [1.165, 1.54) is 0 Å². The summed E-state index contributed by atoms with van der Waals surface area (Å²) in [5.74, 6) is -0.337. The molecule has 0 spiro atoms. The van der Waals surface area contributed by atoms with Gasteiger partial charge in [0.15, 0.2) is 0 Å². The Kier molecular flexibility index (Phi) is 5.19. The van der Waals surface area contributed by atoms with Crippen LogP contribution in [0.4, 0.5) is 0 Å². The van der Waals surface area contributed by atoms with Crippen LogP contribution < -0.4 is 5.32 Å². The zero-order valence-electron chi connectivity index (χ0n) is 8.85. The van der Waals surface area contributed by atoms with E-state index in [-0.39, 0.29) is 0 Å². The monoisotopic (exact) mass is 185 g/mol. The quantitative estimate of drug-likeness (QED) is 0.644. The number of hydrogen-bond donors (Lipinski definition) is 2. The Labute approximate surface area is 79.8 Å². The van der Waals surface area contributed by atoms with Crippen LogP contribution in [-0.4, -0.2) is 18.1 Å². The normalized spacial score (nSPS) is 12.7. The van der Waals surface area contributed by atoms with Crippen LogP contribution in [-0.2, 0) is 4.79 Å². The summed E-state index contributed by atoms with van der Waals surface area (Å²) >= 11 is 0. The van der Waals surface area contributed by atoms with Crippen molar-refractivity contribution in [3.05, 3.63) is 11.3 Å². The van der Waals surface area contributed by atoms with Crippen LogP contribution in [0.3, 0.4) is 0 Å². The Hall–Kier alpha value is -0.990. The first-order chi connectivity index (χ1) is 6.02. The summed E-state index contributed by atoms with van der Waals surface area (Å²) in [6, 6.07) is 0. The highest BCUT2D eigenvalue weighted by atomic mass is 16.4. The minimum absolute atomic E-state index is 0.475. The fourth-order valence-electron chi connectivity index (χ4n) is 1.28. The smallest absolute Gasteiger partial charge is 0.333 e. The van der Waals surface area contributed by atoms with Crippen molar-refractivity contribution in [2.24, 2.45) is 5.92 Å². The summed E-state index contributed by atoms with van der Waals surface area (Å²) in [5, 5.41) is 11.9. The van der Waals surface area contributed by atoms with Gasteiger partial charge in [0.1, 0.15) is 0 Å². The van der Waals surface area contributed by atoms with Crippen molar-refractivity contribution < 1.29 is 9.90 Å². The number of hydrogen-bond acceptors (Lipinski definition) is 2. The van der Waals surface area contributed by atoms with Gasteiger partial charge in [-0.15, -0.1) is 0 Å². The first-order valence-corrected chi connectivity index (χ1v) is 4.65. The van der Waals surface area contributed by atoms with Crippen molar-refractivity contribution in [2.45, 2.75) is 33.6 Å². The van der Waals surface area contributed by atoms with Gasteiger partial charge < -0.3 is 10.4 Å². The standard InChI is InChI=1S/C10H19NO2/c1-5-8(10(12)13)9(11-4)6-7(2)3/h7,11H,5-6H2,1-4H3,(H,12,13). The molecule has 0 saturated carbocycles. The highest BCUT2D eigenvalue weighted by Crippen LogP contribution is 2.14. The number of carboxylic acid groups (broad SMARTS) is 1. The van der Waals surface area contributed by atoms with Crippen molar-refractivity contribution in [1.82, 2.24) is 5.32 Å². The lowest BCUT2D eigenvalue weighted by atomic mass is 10.0. The molecule has 0 atom stereocenters. The summed E-state index contributed by atoms with van der Waals surface area (Å²) < 4.78 is 0. The molecule has 0 aromatic rings. The Morgan fingerprint density at radius 3 is 2.23 bits per heavy atom. The van der Waals surface area contributed by atoms with E-state index < -0.39 is 5.97 Å². The Morgan fingerprint density at radius 2 is 2.00 bits per heavy atom. The fraction of sp³-hybridized carbons (Fsp3) is 0.700. The van der Waals surface area contributed by atoms with Crippen LogP contribution in [0, 0.1) is 5.92 Å². The van der Waals surface area contributed by atoms with E-state index in [4.69, 9.17) is 5.11 Å². The number of carboxylic acids is 1. The van der Waals surface area contributed by atoms with E-state index in [0.29, 0.717) is 17.9 Å². The van der Waals surface area contributed by atoms with Crippen LogP contribution in [0.2, 0.25) is 0 Å². The SMILES string of the molecule is CCC(C(=O)O)=C(CC(C)C)NC. The van der Waals surface area contributed by atoms with Gasteiger partial charge in [0, 0.05) is 12.7 Å². The molecule has 3 nitrogen and oxygen atoms in total. The Bertz CT molecular complexity index is 207. The van der Waals surface area contributed by atoms with Gasteiger partial charge in [-0.1, -0.05) is 20.8 Å². The van der Waals surface area contributed by atoms with E-state index >= 15 is 0 Å². The predicted octanol–water partition coefficient (Wildman–Crippen LogP) is 2.00. The second-order valence-electron chi connectivity index (χ2n) is 3.46. The zero-order chi connectivity index (χ0) is 10.4. The molecule has 0 radical (unpaired) electrons. The van der Waals surface area contributed by atoms with Crippen molar-refractivity contribution in [3.8, 4) is 0 Å². The summed E-state index contributed by atoms with van der Waals surface area (Å²) in [7, 11) is 1.77. The van der Waals surface area contributed by atoms with Gasteiger partial charge in [-0.05, 0) is 18.8 Å². The number of nitrogens with one attached hydrogen (secondary N) is 1. The Morgan fingerprint density at radius 1 is 1.46 bits per heavy atom. The minimum Gasteiger partial charge on any atom is -0.478 e. The lowest BCUT2D eigenvalue weighted by molar-refractivity contribution is -0.132. The third-order valence-electron chi connectivity index (χ3n) is 1.89. The average Bonchev–Trinajstić information content (AvgIpc) is 2.02. The molecule has 0 bridgehead atoms. The molecule has 76 valence electrons. The van der Waals surface area contributed by atoms with Crippen molar-refractivity contribution in [3.63, 3.8) is 0 Å². The summed E-state index contributed by atoms with van der Waals surface area (Å²) in [6.45, 7) is 6.01. The molecular formula is C10H19NO2. The molecule has 0 aromatic carbocycles. The molecule has 0 aliphatic heterocycles. The van der Waals surface area contributed by atoms with Crippen LogP contribution in [0.25, 0.3) is 0 Å². The summed E-state index contributed by atoms with van der Waals surface area (Å²) in [4.78, 5) is 10.8. The van der Waals surface area contributed by atoms with Gasteiger partial charge >= 0.3 is 5.97 Å². The highest BCUT2D eigenvalue weighted by Gasteiger charge is 2.12. The largest absolute Gasteiger partial charge is 0.478 e. The number of carbonyl (C=O) groups is 1. The highest BCUT2D eigenvalue weighted by molar-refractivity contribution is 5.87. The van der Waals surface area contributed by atoms with Crippen LogP contribution >= 0.6 is 0 Å². The van der Waals surface area contributed by atoms with Gasteiger partial charge in [-0.2, -0.15) is 0 Å². The maximum absolute atomic E-state index is 10.8. The second-order valence-corrected chi connectivity index (χ2v) is 3.46. The van der Waals surface area contributed by atoms with E-state index in [2.05, 4.69) is 19.2 Å². The molecule has 0 rings (SSSR count). The molecule has 0 heterocycles. The van der Waals surface area contributed by atoms with E-state index in [0.717, 1.165) is 12.1 Å². The van der Waals surface area contributed by atoms with Crippen molar-refractivity contribution >= 4 is 5.97 Å². The van der Waals surface area contributed by atoms with E-state index in [1.54, 1.807) is 7.05 Å². The molecule has 0 aliphatic carbocycles. The second kappa shape index (κ2) is 5.62. The number of allylic oxidation sites excluding steroid dienone is 1. The fourth-order valence-corrected chi connectivity index (χ4v) is 1.28. The summed E-state index contributed by atoms with van der Waals surface area (Å²) in [5.41, 5.74) is 1.35. The lowest BCUT2D eigenvalue weighted by Gasteiger charge is -2.12. The molecule has 0 aromatic heterocycles. The van der Waals surface area contributed by atoms with Crippen molar-refractivity contribution in [1.29, 1.82) is 0 Å². The molecule has 2 N–H and O–H groups in total. The number of rotatable bonds is 5. The van der Waals surface area contributed by atoms with E-state index in [1.807, 2.05) is 6.92 Å². The maximum atomic E-state index is 10.8. The first kappa shape index (κ1) is 12.0. The summed E-state index contributed by atoms with van der Waals surface area (Å²) in [6.07, 6.45) is 1.37. The van der Waals surface area contributed by atoms with Gasteiger partial charge in [0.25, 0.3) is 0 Å². The lowest BCUT2D eigenvalue weighted by Crippen LogP contribution is -2.15. The molecule has 0 unspecified atom stereocenters. The van der Waals surface area contributed by atoms with Gasteiger partial charge in [-0.25, -0.2) is 4.79 Å². The van der Waals surface area contributed by atoms with E-state index in [9.17, 15) is 4.79 Å². The topological polar surface area (TPSA) is 49.3 Å². The van der Waals surface area contributed by atoms with Crippen LogP contribution in [0.1, 0.15) is 33.6 Å². The molecule has 0 saturated heterocycles. The number of aliphatic carboxylic acids is 1. The van der Waals surface area contributed by atoms with Gasteiger partial charge in [0.05, 0.1) is 5.57 Å². The maximum Gasteiger partial charge on any atom is 0.333 e. The molecule has 13 heavy (non-hydrogen) atoms.